The number of hydrogen-bond acceptors (Lipinski definition) is 3. The van der Waals surface area contributed by atoms with E-state index in [9.17, 15) is 4.79 Å². The summed E-state index contributed by atoms with van der Waals surface area (Å²) in [6.45, 7) is 0.758. The Labute approximate surface area is 64.1 Å². The molecule has 2 heterocycles. The highest BCUT2D eigenvalue weighted by Gasteiger charge is 2.50. The molecule has 0 radical (unpaired) electrons. The Morgan fingerprint density at radius 2 is 2.45 bits per heavy atom. The maximum Gasteiger partial charge on any atom is 0.338 e. The van der Waals surface area contributed by atoms with Crippen LogP contribution in [0.25, 0.3) is 0 Å². The number of hydrogen-bond donors (Lipinski definition) is 1. The quantitative estimate of drug-likeness (QED) is 0.584. The third-order valence-electron chi connectivity index (χ3n) is 2.29. The number of ether oxygens (including phenoxy) is 2. The molecule has 62 valence electrons. The minimum atomic E-state index is -1.01. The summed E-state index contributed by atoms with van der Waals surface area (Å²) >= 11 is 0. The van der Waals surface area contributed by atoms with E-state index in [1.807, 2.05) is 0 Å². The van der Waals surface area contributed by atoms with E-state index < -0.39 is 11.6 Å². The van der Waals surface area contributed by atoms with Gasteiger partial charge in [-0.2, -0.15) is 0 Å². The first-order valence-corrected chi connectivity index (χ1v) is 3.72. The zero-order valence-corrected chi connectivity index (χ0v) is 6.08. The molecule has 2 atom stereocenters. The van der Waals surface area contributed by atoms with Crippen molar-refractivity contribution in [2.75, 3.05) is 13.2 Å². The van der Waals surface area contributed by atoms with Gasteiger partial charge in [0.05, 0.1) is 19.3 Å². The maximum atomic E-state index is 10.7. The molecule has 4 nitrogen and oxygen atoms in total. The minimum Gasteiger partial charge on any atom is -0.479 e. The van der Waals surface area contributed by atoms with Crippen molar-refractivity contribution in [2.45, 2.75) is 24.5 Å². The first-order chi connectivity index (χ1) is 5.23. The second-order valence-corrected chi connectivity index (χ2v) is 3.09. The van der Waals surface area contributed by atoms with Gasteiger partial charge in [0.2, 0.25) is 0 Å². The first-order valence-electron chi connectivity index (χ1n) is 3.72. The number of aliphatic carboxylic acids is 1. The summed E-state index contributed by atoms with van der Waals surface area (Å²) in [7, 11) is 0. The second kappa shape index (κ2) is 2.19. The Bertz CT molecular complexity index is 187. The van der Waals surface area contributed by atoms with Crippen LogP contribution in [0, 0.1) is 0 Å². The fourth-order valence-corrected chi connectivity index (χ4v) is 1.63. The topological polar surface area (TPSA) is 55.8 Å². The van der Waals surface area contributed by atoms with Gasteiger partial charge in [-0.3, -0.25) is 0 Å². The van der Waals surface area contributed by atoms with E-state index in [1.165, 1.54) is 0 Å². The lowest BCUT2D eigenvalue weighted by atomic mass is 10.0. The molecular formula is C7H10O4. The Morgan fingerprint density at radius 3 is 3.09 bits per heavy atom. The van der Waals surface area contributed by atoms with Crippen molar-refractivity contribution in [3.63, 3.8) is 0 Å². The molecule has 0 aromatic rings. The smallest absolute Gasteiger partial charge is 0.338 e. The molecule has 2 rings (SSSR count). The summed E-state index contributed by atoms with van der Waals surface area (Å²) in [6.07, 6.45) is 1.42. The number of rotatable bonds is 1. The van der Waals surface area contributed by atoms with Crippen molar-refractivity contribution in [3.8, 4) is 0 Å². The third kappa shape index (κ3) is 0.937. The Kier molecular flexibility index (Phi) is 1.40. The molecule has 2 aliphatic rings. The highest BCUT2D eigenvalue weighted by molar-refractivity contribution is 5.78. The largest absolute Gasteiger partial charge is 0.479 e. The molecule has 2 unspecified atom stereocenters. The van der Waals surface area contributed by atoms with Crippen LogP contribution in [0.3, 0.4) is 0 Å². The van der Waals surface area contributed by atoms with Crippen LogP contribution in [-0.2, 0) is 14.3 Å². The third-order valence-corrected chi connectivity index (χ3v) is 2.29. The molecule has 0 aliphatic carbocycles. The van der Waals surface area contributed by atoms with Crippen LogP contribution in [-0.4, -0.2) is 36.0 Å². The van der Waals surface area contributed by atoms with Gasteiger partial charge >= 0.3 is 5.97 Å². The SMILES string of the molecule is O=C(O)C12CCC(COC1)O2. The molecule has 0 saturated carbocycles. The van der Waals surface area contributed by atoms with Gasteiger partial charge in [-0.05, 0) is 12.8 Å². The van der Waals surface area contributed by atoms with Gasteiger partial charge in [0, 0.05) is 0 Å². The lowest BCUT2D eigenvalue weighted by molar-refractivity contribution is -0.192. The van der Waals surface area contributed by atoms with Crippen LogP contribution in [0.15, 0.2) is 0 Å². The molecule has 4 heteroatoms. The van der Waals surface area contributed by atoms with Crippen molar-refractivity contribution in [1.82, 2.24) is 0 Å². The second-order valence-electron chi connectivity index (χ2n) is 3.09. The summed E-state index contributed by atoms with van der Waals surface area (Å²) in [5.74, 6) is -0.889. The molecule has 0 aromatic heterocycles. The summed E-state index contributed by atoms with van der Waals surface area (Å²) in [5, 5.41) is 8.81. The molecule has 2 fully saturated rings. The molecule has 0 aromatic carbocycles. The van der Waals surface area contributed by atoms with Crippen molar-refractivity contribution in [1.29, 1.82) is 0 Å². The van der Waals surface area contributed by atoms with E-state index in [0.29, 0.717) is 13.0 Å². The van der Waals surface area contributed by atoms with Crippen LogP contribution in [0.4, 0.5) is 0 Å². The molecule has 0 spiro atoms. The lowest BCUT2D eigenvalue weighted by Crippen LogP contribution is -2.47. The molecular weight excluding hydrogens is 148 g/mol. The predicted molar refractivity (Wildman–Crippen MR) is 35.3 cm³/mol. The normalized spacial score (nSPS) is 42.4. The first kappa shape index (κ1) is 7.06. The van der Waals surface area contributed by atoms with Crippen LogP contribution in [0.5, 0.6) is 0 Å². The summed E-state index contributed by atoms with van der Waals surface area (Å²) in [5.41, 5.74) is -1.01. The molecule has 2 aliphatic heterocycles. The van der Waals surface area contributed by atoms with E-state index in [1.54, 1.807) is 0 Å². The van der Waals surface area contributed by atoms with Gasteiger partial charge in [-0.1, -0.05) is 0 Å². The van der Waals surface area contributed by atoms with E-state index in [4.69, 9.17) is 14.6 Å². The lowest BCUT2D eigenvalue weighted by Gasteiger charge is -2.29. The zero-order chi connectivity index (χ0) is 7.90. The van der Waals surface area contributed by atoms with Gasteiger partial charge in [-0.15, -0.1) is 0 Å². The van der Waals surface area contributed by atoms with Crippen LogP contribution >= 0.6 is 0 Å². The molecule has 2 bridgehead atoms. The number of carbonyl (C=O) groups is 1. The van der Waals surface area contributed by atoms with E-state index in [2.05, 4.69) is 0 Å². The van der Waals surface area contributed by atoms with E-state index in [0.717, 1.165) is 6.42 Å². The summed E-state index contributed by atoms with van der Waals surface area (Å²) in [4.78, 5) is 10.7. The van der Waals surface area contributed by atoms with Crippen molar-refractivity contribution < 1.29 is 19.4 Å². The number of carboxylic acids is 1. The molecule has 0 amide bonds. The number of carboxylic acid groups (broad SMARTS) is 1. The van der Waals surface area contributed by atoms with Crippen LogP contribution in [0.2, 0.25) is 0 Å². The molecule has 2 saturated heterocycles. The maximum absolute atomic E-state index is 10.7. The zero-order valence-electron chi connectivity index (χ0n) is 6.08. The highest BCUT2D eigenvalue weighted by Crippen LogP contribution is 2.34. The van der Waals surface area contributed by atoms with Crippen LogP contribution in [0.1, 0.15) is 12.8 Å². The molecule has 1 N–H and O–H groups in total. The Hall–Kier alpha value is -0.610. The fraction of sp³-hybridized carbons (Fsp3) is 0.857. The van der Waals surface area contributed by atoms with Crippen molar-refractivity contribution >= 4 is 5.97 Å². The Balaban J connectivity index is 2.19. The fourth-order valence-electron chi connectivity index (χ4n) is 1.63. The summed E-state index contributed by atoms with van der Waals surface area (Å²) in [6, 6.07) is 0. The van der Waals surface area contributed by atoms with Gasteiger partial charge in [0.25, 0.3) is 0 Å². The van der Waals surface area contributed by atoms with Gasteiger partial charge in [0.15, 0.2) is 5.60 Å². The van der Waals surface area contributed by atoms with Crippen LogP contribution < -0.4 is 0 Å². The highest BCUT2D eigenvalue weighted by atomic mass is 16.6. The van der Waals surface area contributed by atoms with Gasteiger partial charge in [-0.25, -0.2) is 4.79 Å². The van der Waals surface area contributed by atoms with Gasteiger partial charge < -0.3 is 14.6 Å². The van der Waals surface area contributed by atoms with E-state index >= 15 is 0 Å². The predicted octanol–water partition coefficient (Wildman–Crippen LogP) is 0.0190. The molecule has 11 heavy (non-hydrogen) atoms. The Morgan fingerprint density at radius 1 is 1.64 bits per heavy atom. The van der Waals surface area contributed by atoms with E-state index in [-0.39, 0.29) is 12.7 Å². The van der Waals surface area contributed by atoms with Crippen molar-refractivity contribution in [3.05, 3.63) is 0 Å². The number of fused-ring (bicyclic) bond motifs is 2. The van der Waals surface area contributed by atoms with Gasteiger partial charge in [0.1, 0.15) is 0 Å². The standard InChI is InChI=1S/C7H10O4/c8-6(9)7-2-1-5(11-7)3-10-4-7/h5H,1-4H2,(H,8,9). The van der Waals surface area contributed by atoms with Crippen molar-refractivity contribution in [2.24, 2.45) is 0 Å². The average Bonchev–Trinajstić information content (AvgIpc) is 2.29. The average molecular weight is 158 g/mol. The summed E-state index contributed by atoms with van der Waals surface area (Å²) < 4.78 is 10.4. The minimum absolute atomic E-state index is 0.0137. The monoisotopic (exact) mass is 158 g/mol.